The van der Waals surface area contributed by atoms with Crippen LogP contribution in [0.1, 0.15) is 18.4 Å². The van der Waals surface area contributed by atoms with Crippen LogP contribution in [0.5, 0.6) is 0 Å². The van der Waals surface area contributed by atoms with Gasteiger partial charge in [0.2, 0.25) is 0 Å². The summed E-state index contributed by atoms with van der Waals surface area (Å²) in [5.74, 6) is -0.332. The normalized spacial score (nSPS) is 21.7. The van der Waals surface area contributed by atoms with Crippen molar-refractivity contribution < 1.29 is 27.1 Å². The van der Waals surface area contributed by atoms with Crippen LogP contribution in [0.3, 0.4) is 0 Å². The Hall–Kier alpha value is -2.36. The number of alkyl carbamates (subject to hydrolysis) is 1. The highest BCUT2D eigenvalue weighted by Gasteiger charge is 2.52. The van der Waals surface area contributed by atoms with Crippen molar-refractivity contribution in [1.82, 2.24) is 15.1 Å². The van der Waals surface area contributed by atoms with E-state index >= 15 is 0 Å². The molecular weight excluding hydrogens is 401 g/mol. The molecule has 0 aromatic heterocycles. The van der Waals surface area contributed by atoms with Crippen LogP contribution in [0.25, 0.3) is 0 Å². The number of carbonyl (C=O) groups excluding carboxylic acids is 2. The minimum absolute atomic E-state index is 0.0442. The number of urea groups is 1. The number of hydrogen-bond acceptors (Lipinski definition) is 5. The van der Waals surface area contributed by atoms with Gasteiger partial charge < -0.3 is 19.9 Å². The van der Waals surface area contributed by atoms with Crippen LogP contribution in [0.2, 0.25) is 0 Å². The summed E-state index contributed by atoms with van der Waals surface area (Å²) in [7, 11) is -3.50. The summed E-state index contributed by atoms with van der Waals surface area (Å²) in [6, 6.07) is 3.86. The number of carbonyl (C=O) groups is 2. The molecule has 0 aliphatic carbocycles. The number of ether oxygens (including phenoxy) is 1. The van der Waals surface area contributed by atoms with Gasteiger partial charge in [-0.25, -0.2) is 22.4 Å². The average molecular weight is 425 g/mol. The van der Waals surface area contributed by atoms with Crippen molar-refractivity contribution in [2.45, 2.75) is 29.7 Å². The highest BCUT2D eigenvalue weighted by Crippen LogP contribution is 2.29. The SMILES string of the molecule is CS(=O)(=O)c1cc(F)ccc1CC1CCN(C(=O)N2CC3(COC(=O)N3)C2)CC1. The molecule has 3 heterocycles. The minimum atomic E-state index is -3.50. The van der Waals surface area contributed by atoms with Crippen molar-refractivity contribution in [3.05, 3.63) is 29.6 Å². The number of sulfone groups is 1. The Kier molecular flexibility index (Phi) is 4.92. The number of benzene rings is 1. The van der Waals surface area contributed by atoms with Gasteiger partial charge >= 0.3 is 12.1 Å². The van der Waals surface area contributed by atoms with Crippen molar-refractivity contribution in [3.63, 3.8) is 0 Å². The number of likely N-dealkylation sites (tertiary alicyclic amines) is 2. The van der Waals surface area contributed by atoms with Crippen LogP contribution in [0.4, 0.5) is 14.0 Å². The molecule has 0 saturated carbocycles. The summed E-state index contributed by atoms with van der Waals surface area (Å²) in [6.07, 6.45) is 2.70. The van der Waals surface area contributed by atoms with Crippen LogP contribution in [-0.4, -0.2) is 74.9 Å². The Labute approximate surface area is 168 Å². The van der Waals surface area contributed by atoms with Gasteiger partial charge in [0.25, 0.3) is 0 Å². The van der Waals surface area contributed by atoms with Gasteiger partial charge in [-0.15, -0.1) is 0 Å². The quantitative estimate of drug-likeness (QED) is 0.790. The first-order chi connectivity index (χ1) is 13.7. The fraction of sp³-hybridized carbons (Fsp3) is 0.579. The second kappa shape index (κ2) is 7.16. The molecule has 3 saturated heterocycles. The van der Waals surface area contributed by atoms with Gasteiger partial charge in [-0.05, 0) is 42.9 Å². The van der Waals surface area contributed by atoms with Gasteiger partial charge in [0, 0.05) is 19.3 Å². The number of cyclic esters (lactones) is 1. The van der Waals surface area contributed by atoms with E-state index in [1.54, 1.807) is 15.9 Å². The van der Waals surface area contributed by atoms with Crippen LogP contribution < -0.4 is 5.32 Å². The molecule has 0 radical (unpaired) electrons. The summed E-state index contributed by atoms with van der Waals surface area (Å²) in [5.41, 5.74) is 0.190. The number of halogens is 1. The number of amides is 3. The van der Waals surface area contributed by atoms with Gasteiger partial charge in [0.05, 0.1) is 18.0 Å². The van der Waals surface area contributed by atoms with Gasteiger partial charge in [-0.1, -0.05) is 6.07 Å². The van der Waals surface area contributed by atoms with Crippen LogP contribution in [0, 0.1) is 11.7 Å². The molecule has 1 aromatic rings. The lowest BCUT2D eigenvalue weighted by molar-refractivity contribution is 0.0473. The van der Waals surface area contributed by atoms with Crippen molar-refractivity contribution in [1.29, 1.82) is 0 Å². The molecule has 3 aliphatic heterocycles. The lowest BCUT2D eigenvalue weighted by Crippen LogP contribution is -2.71. The summed E-state index contributed by atoms with van der Waals surface area (Å²) in [6.45, 7) is 2.37. The average Bonchev–Trinajstić information content (AvgIpc) is 3.03. The maximum Gasteiger partial charge on any atom is 0.407 e. The van der Waals surface area contributed by atoms with E-state index in [1.807, 2.05) is 0 Å². The van der Waals surface area contributed by atoms with E-state index in [2.05, 4.69) is 5.32 Å². The number of nitrogens with one attached hydrogen (secondary N) is 1. The number of piperidine rings is 1. The first kappa shape index (κ1) is 19.9. The van der Waals surface area contributed by atoms with E-state index in [0.29, 0.717) is 38.2 Å². The van der Waals surface area contributed by atoms with Gasteiger partial charge in [-0.2, -0.15) is 0 Å². The molecule has 1 aromatic carbocycles. The Morgan fingerprint density at radius 2 is 1.97 bits per heavy atom. The summed E-state index contributed by atoms with van der Waals surface area (Å²) in [5, 5.41) is 2.76. The molecule has 3 fully saturated rings. The van der Waals surface area contributed by atoms with E-state index in [-0.39, 0.29) is 23.5 Å². The third kappa shape index (κ3) is 4.03. The van der Waals surface area contributed by atoms with Gasteiger partial charge in [0.15, 0.2) is 9.84 Å². The highest BCUT2D eigenvalue weighted by atomic mass is 32.2. The van der Waals surface area contributed by atoms with Crippen molar-refractivity contribution >= 4 is 22.0 Å². The van der Waals surface area contributed by atoms with E-state index in [0.717, 1.165) is 25.2 Å². The Bertz CT molecular complexity index is 937. The zero-order chi connectivity index (χ0) is 20.8. The van der Waals surface area contributed by atoms with E-state index in [4.69, 9.17) is 4.74 Å². The molecule has 0 unspecified atom stereocenters. The standard InChI is InChI=1S/C19H24FN3O5S/c1-29(26,27)16-9-15(20)3-2-14(16)8-13-4-6-22(7-5-13)18(25)23-10-19(11-23)12-28-17(24)21-19/h2-3,9,13H,4-8,10-12H2,1H3,(H,21,24). The molecule has 0 bridgehead atoms. The predicted octanol–water partition coefficient (Wildman–Crippen LogP) is 1.40. The summed E-state index contributed by atoms with van der Waals surface area (Å²) < 4.78 is 42.4. The lowest BCUT2D eigenvalue weighted by Gasteiger charge is -2.48. The van der Waals surface area contributed by atoms with Gasteiger partial charge in [0.1, 0.15) is 18.0 Å². The smallest absolute Gasteiger partial charge is 0.407 e. The van der Waals surface area contributed by atoms with E-state index < -0.39 is 27.3 Å². The molecule has 3 aliphatic rings. The van der Waals surface area contributed by atoms with Crippen LogP contribution >= 0.6 is 0 Å². The second-order valence-corrected chi connectivity index (χ2v) is 10.3. The van der Waals surface area contributed by atoms with Crippen molar-refractivity contribution in [2.75, 3.05) is 39.0 Å². The molecule has 1 N–H and O–H groups in total. The number of hydrogen-bond donors (Lipinski definition) is 1. The zero-order valence-electron chi connectivity index (χ0n) is 16.2. The van der Waals surface area contributed by atoms with E-state index in [9.17, 15) is 22.4 Å². The fourth-order valence-corrected chi connectivity index (χ4v) is 5.32. The first-order valence-electron chi connectivity index (χ1n) is 9.62. The Balaban J connectivity index is 1.32. The van der Waals surface area contributed by atoms with E-state index in [1.165, 1.54) is 6.07 Å². The topological polar surface area (TPSA) is 96.0 Å². The number of rotatable bonds is 3. The third-order valence-corrected chi connectivity index (χ3v) is 7.11. The second-order valence-electron chi connectivity index (χ2n) is 8.28. The zero-order valence-corrected chi connectivity index (χ0v) is 17.0. The molecule has 158 valence electrons. The van der Waals surface area contributed by atoms with Crippen molar-refractivity contribution in [3.8, 4) is 0 Å². The third-order valence-electron chi connectivity index (χ3n) is 5.93. The predicted molar refractivity (Wildman–Crippen MR) is 102 cm³/mol. The monoisotopic (exact) mass is 425 g/mol. The molecule has 10 heteroatoms. The molecule has 29 heavy (non-hydrogen) atoms. The van der Waals surface area contributed by atoms with Crippen LogP contribution in [0.15, 0.2) is 23.1 Å². The first-order valence-corrected chi connectivity index (χ1v) is 11.5. The largest absolute Gasteiger partial charge is 0.447 e. The van der Waals surface area contributed by atoms with Crippen LogP contribution in [-0.2, 0) is 21.0 Å². The molecule has 3 amide bonds. The maximum atomic E-state index is 13.5. The minimum Gasteiger partial charge on any atom is -0.447 e. The number of nitrogens with zero attached hydrogens (tertiary/aromatic N) is 2. The van der Waals surface area contributed by atoms with Crippen molar-refractivity contribution in [2.24, 2.45) is 5.92 Å². The maximum absolute atomic E-state index is 13.5. The molecule has 1 spiro atoms. The lowest BCUT2D eigenvalue weighted by atomic mass is 9.89. The Morgan fingerprint density at radius 3 is 2.55 bits per heavy atom. The molecule has 4 rings (SSSR count). The summed E-state index contributed by atoms with van der Waals surface area (Å²) >= 11 is 0. The molecular formula is C19H24FN3O5S. The summed E-state index contributed by atoms with van der Waals surface area (Å²) in [4.78, 5) is 27.4. The highest BCUT2D eigenvalue weighted by molar-refractivity contribution is 7.90. The molecule has 8 nitrogen and oxygen atoms in total. The molecule has 0 atom stereocenters. The fourth-order valence-electron chi connectivity index (χ4n) is 4.36. The Morgan fingerprint density at radius 1 is 1.28 bits per heavy atom. The van der Waals surface area contributed by atoms with Gasteiger partial charge in [-0.3, -0.25) is 0 Å².